The Morgan fingerprint density at radius 3 is 1.79 bits per heavy atom. The van der Waals surface area contributed by atoms with Crippen LogP contribution < -0.4 is 10.6 Å². The van der Waals surface area contributed by atoms with Gasteiger partial charge in [0.2, 0.25) is 5.91 Å². The van der Waals surface area contributed by atoms with Crippen molar-refractivity contribution in [3.63, 3.8) is 0 Å². The minimum Gasteiger partial charge on any atom is -0.504 e. The van der Waals surface area contributed by atoms with Gasteiger partial charge < -0.3 is 46.2 Å². The highest BCUT2D eigenvalue weighted by molar-refractivity contribution is 6.00. The number of nitrogens with zero attached hydrogens (tertiary/aromatic N) is 2. The van der Waals surface area contributed by atoms with E-state index >= 15 is 0 Å². The smallest absolute Gasteiger partial charge is 0.352 e. The molecular weight excluding hydrogens is 626 g/mol. The second-order valence-electron chi connectivity index (χ2n) is 11.5. The van der Waals surface area contributed by atoms with Crippen molar-refractivity contribution >= 4 is 23.7 Å². The van der Waals surface area contributed by atoms with Gasteiger partial charge in [-0.2, -0.15) is 0 Å². The molecule has 1 fully saturated rings. The Hall–Kier alpha value is -4.96. The van der Waals surface area contributed by atoms with E-state index in [0.717, 1.165) is 24.3 Å². The molecule has 14 nitrogen and oxygen atoms in total. The molecule has 2 aliphatic rings. The number of phenols is 4. The molecule has 2 aromatic carbocycles. The predicted molar refractivity (Wildman–Crippen MR) is 159 cm³/mol. The third-order valence-electron chi connectivity index (χ3n) is 8.46. The summed E-state index contributed by atoms with van der Waals surface area (Å²) in [7, 11) is 0. The monoisotopic (exact) mass is 662 g/mol. The summed E-state index contributed by atoms with van der Waals surface area (Å²) < 4.78 is 28.5. The second-order valence-corrected chi connectivity index (χ2v) is 11.5. The first-order chi connectivity index (χ1) is 22.2. The summed E-state index contributed by atoms with van der Waals surface area (Å²) in [6.07, 6.45) is -0.410. The number of aliphatic carboxylic acids is 1. The van der Waals surface area contributed by atoms with Gasteiger partial charge in [-0.05, 0) is 49.6 Å². The number of carboxylic acid groups (broad SMARTS) is 1. The first-order valence-electron chi connectivity index (χ1n) is 14.8. The Kier molecular flexibility index (Phi) is 10.6. The zero-order valence-electron chi connectivity index (χ0n) is 25.5. The van der Waals surface area contributed by atoms with Gasteiger partial charge in [0.05, 0.1) is 29.2 Å². The van der Waals surface area contributed by atoms with Crippen LogP contribution in [0.4, 0.5) is 8.78 Å². The van der Waals surface area contributed by atoms with Crippen molar-refractivity contribution in [1.29, 1.82) is 0 Å². The molecule has 4 atom stereocenters. The minimum absolute atomic E-state index is 0.0362. The summed E-state index contributed by atoms with van der Waals surface area (Å²) in [5.74, 6) is -10.8. The molecule has 2 aromatic rings. The number of carbonyl (C=O) groups excluding carboxylic acids is 3. The van der Waals surface area contributed by atoms with Crippen molar-refractivity contribution < 1.29 is 58.6 Å². The average Bonchev–Trinajstić information content (AvgIpc) is 3.25. The molecule has 0 bridgehead atoms. The van der Waals surface area contributed by atoms with Gasteiger partial charge in [0.1, 0.15) is 5.70 Å². The van der Waals surface area contributed by atoms with E-state index < -0.39 is 93.4 Å². The summed E-state index contributed by atoms with van der Waals surface area (Å²) in [6, 6.07) is 3.44. The van der Waals surface area contributed by atoms with Gasteiger partial charge in [-0.1, -0.05) is 6.92 Å². The zero-order valence-corrected chi connectivity index (χ0v) is 25.5. The third kappa shape index (κ3) is 6.92. The number of halogens is 2. The predicted octanol–water partition coefficient (Wildman–Crippen LogP) is 1.23. The van der Waals surface area contributed by atoms with E-state index in [9.17, 15) is 58.6 Å². The Bertz CT molecular complexity index is 1540. The highest BCUT2D eigenvalue weighted by Gasteiger charge is 2.59. The normalized spacial score (nSPS) is 19.4. The Balaban J connectivity index is 1.44. The number of nitrogens with one attached hydrogen (secondary N) is 2. The molecule has 3 amide bonds. The lowest BCUT2D eigenvalue weighted by molar-refractivity contribution is -0.163. The van der Waals surface area contributed by atoms with Gasteiger partial charge in [-0.15, -0.1) is 0 Å². The van der Waals surface area contributed by atoms with Crippen LogP contribution in [-0.4, -0.2) is 109 Å². The SMILES string of the molecule is C[C@@H](O)[C@H]1C(=O)N2C(C(=O)O)=C(CN(CCCNC(=O)c3ccc(O)c(O)c3F)CCCNC(=O)c3ccc(O)c(O)c3F)[C@H](C)[C@H]12. The lowest BCUT2D eigenvalue weighted by Gasteiger charge is -2.46. The number of benzene rings is 2. The maximum absolute atomic E-state index is 14.2. The number of aliphatic hydroxyl groups excluding tert-OH is 1. The van der Waals surface area contributed by atoms with E-state index in [1.54, 1.807) is 6.92 Å². The van der Waals surface area contributed by atoms with E-state index in [0.29, 0.717) is 5.57 Å². The van der Waals surface area contributed by atoms with E-state index in [4.69, 9.17) is 0 Å². The van der Waals surface area contributed by atoms with Crippen molar-refractivity contribution in [2.24, 2.45) is 11.8 Å². The van der Waals surface area contributed by atoms with Crippen molar-refractivity contribution in [2.75, 3.05) is 32.7 Å². The first kappa shape index (κ1) is 34.9. The van der Waals surface area contributed by atoms with Gasteiger partial charge in [-0.25, -0.2) is 13.6 Å². The van der Waals surface area contributed by atoms with Crippen LogP contribution >= 0.6 is 0 Å². The summed E-state index contributed by atoms with van der Waals surface area (Å²) in [5, 5.41) is 63.2. The quantitative estimate of drug-likeness (QED) is 0.0817. The molecule has 16 heteroatoms. The minimum atomic E-state index is -1.30. The van der Waals surface area contributed by atoms with Gasteiger partial charge in [-0.3, -0.25) is 19.3 Å². The molecule has 0 unspecified atom stereocenters. The van der Waals surface area contributed by atoms with Crippen molar-refractivity contribution in [1.82, 2.24) is 20.4 Å². The number of carbonyl (C=O) groups is 4. The van der Waals surface area contributed by atoms with Gasteiger partial charge in [0.15, 0.2) is 34.6 Å². The number of phenolic OH excluding ortho intramolecular Hbond substituents is 4. The lowest BCUT2D eigenvalue weighted by atomic mass is 9.77. The first-order valence-corrected chi connectivity index (χ1v) is 14.8. The summed E-state index contributed by atoms with van der Waals surface area (Å²) in [5.41, 5.74) is -0.676. The maximum atomic E-state index is 14.2. The van der Waals surface area contributed by atoms with Crippen LogP contribution in [0, 0.1) is 23.5 Å². The largest absolute Gasteiger partial charge is 0.504 e. The number of fused-ring (bicyclic) bond motifs is 1. The molecule has 8 N–H and O–H groups in total. The molecule has 4 rings (SSSR count). The van der Waals surface area contributed by atoms with Crippen LogP contribution in [0.25, 0.3) is 0 Å². The molecule has 0 aliphatic carbocycles. The van der Waals surface area contributed by atoms with Crippen LogP contribution in [0.15, 0.2) is 35.5 Å². The highest BCUT2D eigenvalue weighted by atomic mass is 19.1. The van der Waals surface area contributed by atoms with Crippen LogP contribution in [0.1, 0.15) is 47.4 Å². The van der Waals surface area contributed by atoms with Crippen LogP contribution in [0.5, 0.6) is 23.0 Å². The fraction of sp³-hybridized carbons (Fsp3) is 0.419. The molecule has 2 heterocycles. The molecule has 0 saturated carbocycles. The fourth-order valence-corrected chi connectivity index (χ4v) is 6.02. The third-order valence-corrected chi connectivity index (χ3v) is 8.46. The number of β-lactam (4-membered cyclic amide) rings is 1. The number of hydrogen-bond donors (Lipinski definition) is 8. The van der Waals surface area contributed by atoms with Gasteiger partial charge in [0.25, 0.3) is 11.8 Å². The molecule has 2 aliphatic heterocycles. The number of hydrogen-bond acceptors (Lipinski definition) is 10. The molecule has 0 spiro atoms. The van der Waals surface area contributed by atoms with Crippen LogP contribution in [0.3, 0.4) is 0 Å². The van der Waals surface area contributed by atoms with Crippen molar-refractivity contribution in [3.05, 3.63) is 58.3 Å². The number of aliphatic hydroxyl groups is 1. The Morgan fingerprint density at radius 1 is 0.894 bits per heavy atom. The number of carboxylic acids is 1. The second kappa shape index (κ2) is 14.2. The molecule has 0 radical (unpaired) electrons. The van der Waals surface area contributed by atoms with E-state index in [1.807, 2.05) is 4.90 Å². The van der Waals surface area contributed by atoms with Crippen molar-refractivity contribution in [3.8, 4) is 23.0 Å². The molecule has 47 heavy (non-hydrogen) atoms. The van der Waals surface area contributed by atoms with E-state index in [2.05, 4.69) is 10.6 Å². The average molecular weight is 663 g/mol. The number of aromatic hydroxyl groups is 4. The highest BCUT2D eigenvalue weighted by Crippen LogP contribution is 2.47. The van der Waals surface area contributed by atoms with Crippen molar-refractivity contribution in [2.45, 2.75) is 38.8 Å². The topological polar surface area (TPSA) is 220 Å². The van der Waals surface area contributed by atoms with Gasteiger partial charge >= 0.3 is 5.97 Å². The summed E-state index contributed by atoms with van der Waals surface area (Å²) >= 11 is 0. The maximum Gasteiger partial charge on any atom is 0.352 e. The Labute approximate surface area is 267 Å². The van der Waals surface area contributed by atoms with E-state index in [1.165, 1.54) is 11.8 Å². The zero-order chi connectivity index (χ0) is 34.7. The van der Waals surface area contributed by atoms with Crippen LogP contribution in [0.2, 0.25) is 0 Å². The number of amides is 3. The molecular formula is C31H36F2N4O10. The molecule has 0 aromatic heterocycles. The fourth-order valence-electron chi connectivity index (χ4n) is 6.02. The summed E-state index contributed by atoms with van der Waals surface area (Å²) in [4.78, 5) is 53.0. The standard InChI is InChI=1S/C31H36F2N4O10/c1-14-18(25(31(46)47)37-24(14)21(15(2)38)30(37)45)13-36(11-3-9-34-28(43)16-5-7-19(39)26(41)22(16)32)12-4-10-35-29(44)17-6-8-20(40)27(42)23(17)33/h5-8,14-15,21,24,38-42H,3-4,9-13H2,1-2H3,(H,34,43)(H,35,44)(H,46,47)/t14-,15+,21+,24+/m0/s1. The number of rotatable bonds is 14. The van der Waals surface area contributed by atoms with Crippen LogP contribution in [-0.2, 0) is 9.59 Å². The van der Waals surface area contributed by atoms with Gasteiger partial charge in [0, 0.05) is 38.6 Å². The molecule has 254 valence electrons. The lowest BCUT2D eigenvalue weighted by Crippen LogP contribution is -2.63. The van der Waals surface area contributed by atoms with E-state index in [-0.39, 0.29) is 51.3 Å². The summed E-state index contributed by atoms with van der Waals surface area (Å²) in [6.45, 7) is 3.92. The Morgan fingerprint density at radius 2 is 1.36 bits per heavy atom. The molecule has 1 saturated heterocycles.